The van der Waals surface area contributed by atoms with Crippen molar-refractivity contribution < 1.29 is 19.0 Å². The largest absolute Gasteiger partial charge is 0.497 e. The van der Waals surface area contributed by atoms with Crippen molar-refractivity contribution >= 4 is 5.97 Å². The lowest BCUT2D eigenvalue weighted by atomic mass is 10.1. The third kappa shape index (κ3) is 5.02. The normalized spacial score (nSPS) is 14.9. The van der Waals surface area contributed by atoms with E-state index in [1.54, 1.807) is 19.2 Å². The van der Waals surface area contributed by atoms with Crippen LogP contribution < -0.4 is 4.74 Å². The molecule has 1 aromatic rings. The van der Waals surface area contributed by atoms with Gasteiger partial charge in [0.25, 0.3) is 0 Å². The Morgan fingerprint density at radius 2 is 1.90 bits per heavy atom. The van der Waals surface area contributed by atoms with Crippen LogP contribution in [-0.4, -0.2) is 51.4 Å². The standard InChI is InChI=1S/C14H19NO4.C2H6/c1-17-12-3-4-13(14(16)18-2)11(9-12)10-15-5-7-19-8-6-15;1-2/h3-4,9H,5-8,10H2,1-2H3;1-2H3. The highest BCUT2D eigenvalue weighted by Gasteiger charge is 2.17. The molecule has 0 bridgehead atoms. The van der Waals surface area contributed by atoms with E-state index in [1.807, 2.05) is 19.9 Å². The van der Waals surface area contributed by atoms with Crippen molar-refractivity contribution in [2.24, 2.45) is 0 Å². The SMILES string of the molecule is CC.COC(=O)c1ccc(OC)cc1CN1CCOCC1. The first-order chi connectivity index (χ1) is 10.2. The van der Waals surface area contributed by atoms with Crippen LogP contribution in [0.1, 0.15) is 29.8 Å². The van der Waals surface area contributed by atoms with Crippen molar-refractivity contribution in [1.29, 1.82) is 0 Å². The average Bonchev–Trinajstić information content (AvgIpc) is 2.57. The van der Waals surface area contributed by atoms with Crippen molar-refractivity contribution in [2.75, 3.05) is 40.5 Å². The molecule has 0 N–H and O–H groups in total. The van der Waals surface area contributed by atoms with E-state index in [1.165, 1.54) is 7.11 Å². The van der Waals surface area contributed by atoms with Gasteiger partial charge in [-0.3, -0.25) is 4.90 Å². The maximum absolute atomic E-state index is 11.8. The Labute approximate surface area is 126 Å². The Bertz CT molecular complexity index is 442. The van der Waals surface area contributed by atoms with Gasteiger partial charge in [-0.05, 0) is 23.8 Å². The van der Waals surface area contributed by atoms with Crippen LogP contribution in [0.25, 0.3) is 0 Å². The van der Waals surface area contributed by atoms with Crippen molar-refractivity contribution in [3.8, 4) is 5.75 Å². The Balaban J connectivity index is 0.00000106. The molecule has 0 amide bonds. The van der Waals surface area contributed by atoms with Crippen molar-refractivity contribution in [3.63, 3.8) is 0 Å². The third-order valence-corrected chi connectivity index (χ3v) is 3.22. The molecule has 1 aliphatic heterocycles. The second kappa shape index (κ2) is 9.37. The van der Waals surface area contributed by atoms with Crippen LogP contribution in [0.2, 0.25) is 0 Å². The summed E-state index contributed by atoms with van der Waals surface area (Å²) in [7, 11) is 3.01. The van der Waals surface area contributed by atoms with Crippen molar-refractivity contribution in [3.05, 3.63) is 29.3 Å². The number of hydrogen-bond donors (Lipinski definition) is 0. The number of ether oxygens (including phenoxy) is 3. The third-order valence-electron chi connectivity index (χ3n) is 3.22. The molecule has 0 unspecified atom stereocenters. The van der Waals surface area contributed by atoms with Crippen LogP contribution >= 0.6 is 0 Å². The smallest absolute Gasteiger partial charge is 0.338 e. The van der Waals surface area contributed by atoms with Gasteiger partial charge in [0.1, 0.15) is 5.75 Å². The fourth-order valence-electron chi connectivity index (χ4n) is 2.14. The maximum atomic E-state index is 11.8. The zero-order valence-electron chi connectivity index (χ0n) is 13.3. The highest BCUT2D eigenvalue weighted by Crippen LogP contribution is 2.20. The fourth-order valence-corrected chi connectivity index (χ4v) is 2.14. The summed E-state index contributed by atoms with van der Waals surface area (Å²) < 4.78 is 15.4. The Kier molecular flexibility index (Phi) is 7.79. The number of nitrogens with zero attached hydrogens (tertiary/aromatic N) is 1. The lowest BCUT2D eigenvalue weighted by Crippen LogP contribution is -2.36. The zero-order chi connectivity index (χ0) is 15.7. The molecular weight excluding hydrogens is 270 g/mol. The van der Waals surface area contributed by atoms with Crippen LogP contribution in [0.15, 0.2) is 18.2 Å². The summed E-state index contributed by atoms with van der Waals surface area (Å²) in [5, 5.41) is 0. The lowest BCUT2D eigenvalue weighted by molar-refractivity contribution is 0.0338. The van der Waals surface area contributed by atoms with Crippen LogP contribution in [0.3, 0.4) is 0 Å². The molecular formula is C16H25NO4. The van der Waals surface area contributed by atoms with Gasteiger partial charge in [-0.15, -0.1) is 0 Å². The summed E-state index contributed by atoms with van der Waals surface area (Å²) >= 11 is 0. The van der Waals surface area contributed by atoms with E-state index in [9.17, 15) is 4.79 Å². The number of benzene rings is 1. The monoisotopic (exact) mass is 295 g/mol. The van der Waals surface area contributed by atoms with E-state index in [-0.39, 0.29) is 5.97 Å². The van der Waals surface area contributed by atoms with Gasteiger partial charge in [0, 0.05) is 19.6 Å². The van der Waals surface area contributed by atoms with E-state index in [0.717, 1.165) is 37.6 Å². The Morgan fingerprint density at radius 3 is 2.48 bits per heavy atom. The molecule has 0 radical (unpaired) electrons. The minimum atomic E-state index is -0.314. The van der Waals surface area contributed by atoms with Gasteiger partial charge in [-0.25, -0.2) is 4.79 Å². The van der Waals surface area contributed by atoms with E-state index in [4.69, 9.17) is 14.2 Å². The van der Waals surface area contributed by atoms with E-state index >= 15 is 0 Å². The number of carbonyl (C=O) groups excluding carboxylic acids is 1. The van der Waals surface area contributed by atoms with Gasteiger partial charge in [0.15, 0.2) is 0 Å². The molecule has 1 aromatic carbocycles. The molecule has 1 aliphatic rings. The second-order valence-electron chi connectivity index (χ2n) is 4.40. The number of morpholine rings is 1. The molecule has 1 fully saturated rings. The molecule has 0 aromatic heterocycles. The zero-order valence-corrected chi connectivity index (χ0v) is 13.3. The molecule has 0 saturated carbocycles. The number of esters is 1. The molecule has 0 aliphatic carbocycles. The first kappa shape index (κ1) is 17.5. The number of hydrogen-bond acceptors (Lipinski definition) is 5. The number of methoxy groups -OCH3 is 2. The second-order valence-corrected chi connectivity index (χ2v) is 4.40. The van der Waals surface area contributed by atoms with Gasteiger partial charge in [0.2, 0.25) is 0 Å². The molecule has 5 heteroatoms. The van der Waals surface area contributed by atoms with E-state index in [2.05, 4.69) is 4.90 Å². The Hall–Kier alpha value is -1.59. The quantitative estimate of drug-likeness (QED) is 0.798. The summed E-state index contributed by atoms with van der Waals surface area (Å²) in [6, 6.07) is 5.41. The molecule has 0 spiro atoms. The van der Waals surface area contributed by atoms with Gasteiger partial charge < -0.3 is 14.2 Å². The van der Waals surface area contributed by atoms with Crippen molar-refractivity contribution in [1.82, 2.24) is 4.90 Å². The van der Waals surface area contributed by atoms with Crippen LogP contribution in [-0.2, 0) is 16.0 Å². The average molecular weight is 295 g/mol. The maximum Gasteiger partial charge on any atom is 0.338 e. The first-order valence-corrected chi connectivity index (χ1v) is 7.30. The summed E-state index contributed by atoms with van der Waals surface area (Å²) in [5.74, 6) is 0.432. The topological polar surface area (TPSA) is 48.0 Å². The number of carbonyl (C=O) groups is 1. The van der Waals surface area contributed by atoms with Gasteiger partial charge in [-0.2, -0.15) is 0 Å². The van der Waals surface area contributed by atoms with Crippen LogP contribution in [0.4, 0.5) is 0 Å². The molecule has 0 atom stereocenters. The first-order valence-electron chi connectivity index (χ1n) is 7.30. The highest BCUT2D eigenvalue weighted by atomic mass is 16.5. The minimum Gasteiger partial charge on any atom is -0.497 e. The minimum absolute atomic E-state index is 0.314. The molecule has 1 heterocycles. The van der Waals surface area contributed by atoms with Gasteiger partial charge in [0.05, 0.1) is 33.0 Å². The van der Waals surface area contributed by atoms with Gasteiger partial charge in [-0.1, -0.05) is 13.8 Å². The highest BCUT2D eigenvalue weighted by molar-refractivity contribution is 5.91. The predicted molar refractivity (Wildman–Crippen MR) is 81.8 cm³/mol. The predicted octanol–water partition coefficient (Wildman–Crippen LogP) is 2.34. The molecule has 118 valence electrons. The van der Waals surface area contributed by atoms with E-state index < -0.39 is 0 Å². The summed E-state index contributed by atoms with van der Waals surface area (Å²) in [6.07, 6.45) is 0. The molecule has 2 rings (SSSR count). The summed E-state index contributed by atoms with van der Waals surface area (Å²) in [5.41, 5.74) is 1.52. The molecule has 5 nitrogen and oxygen atoms in total. The summed E-state index contributed by atoms with van der Waals surface area (Å²) in [4.78, 5) is 14.0. The van der Waals surface area contributed by atoms with Crippen LogP contribution in [0.5, 0.6) is 5.75 Å². The van der Waals surface area contributed by atoms with Crippen LogP contribution in [0, 0.1) is 0 Å². The Morgan fingerprint density at radius 1 is 1.24 bits per heavy atom. The van der Waals surface area contributed by atoms with Gasteiger partial charge >= 0.3 is 5.97 Å². The molecule has 1 saturated heterocycles. The number of rotatable bonds is 4. The molecule has 21 heavy (non-hydrogen) atoms. The lowest BCUT2D eigenvalue weighted by Gasteiger charge is -2.27. The fraction of sp³-hybridized carbons (Fsp3) is 0.562. The van der Waals surface area contributed by atoms with E-state index in [0.29, 0.717) is 12.1 Å². The van der Waals surface area contributed by atoms with Crippen molar-refractivity contribution in [2.45, 2.75) is 20.4 Å². The summed E-state index contributed by atoms with van der Waals surface area (Å²) in [6.45, 7) is 7.91.